The summed E-state index contributed by atoms with van der Waals surface area (Å²) in [6.07, 6.45) is 7.67. The monoisotopic (exact) mass is 399 g/mol. The number of nitrogens with two attached hydrogens (primary N) is 1. The average Bonchev–Trinajstić information content (AvgIpc) is 3.43. The Kier molecular flexibility index (Phi) is 5.75. The average molecular weight is 399 g/mol. The van der Waals surface area contributed by atoms with Crippen molar-refractivity contribution in [1.29, 1.82) is 0 Å². The first-order valence-electron chi connectivity index (χ1n) is 9.99. The Bertz CT molecular complexity index is 1110. The molecule has 0 aliphatic heterocycles. The Hall–Kier alpha value is -3.67. The van der Waals surface area contributed by atoms with Gasteiger partial charge in [-0.15, -0.1) is 10.2 Å². The van der Waals surface area contributed by atoms with Gasteiger partial charge in [0.2, 0.25) is 0 Å². The smallest absolute Gasteiger partial charge is 0.146 e. The molecule has 0 amide bonds. The Morgan fingerprint density at radius 2 is 1.73 bits per heavy atom. The lowest BCUT2D eigenvalue weighted by Crippen LogP contribution is -1.97. The van der Waals surface area contributed by atoms with Crippen LogP contribution in [0.5, 0.6) is 5.75 Å². The van der Waals surface area contributed by atoms with Gasteiger partial charge in [0.15, 0.2) is 0 Å². The number of rotatable bonds is 3. The van der Waals surface area contributed by atoms with E-state index in [1.807, 2.05) is 42.0 Å². The molecule has 1 aliphatic rings. The molecule has 4 aromatic rings. The predicted octanol–water partition coefficient (Wildman–Crippen LogP) is 4.40. The molecule has 2 aromatic carbocycles. The summed E-state index contributed by atoms with van der Waals surface area (Å²) in [5, 5.41) is 7.95. The van der Waals surface area contributed by atoms with E-state index >= 15 is 0 Å². The molecule has 5 rings (SSSR count). The van der Waals surface area contributed by atoms with Gasteiger partial charge in [0.1, 0.15) is 11.6 Å². The molecule has 2 heterocycles. The molecule has 0 spiro atoms. The van der Waals surface area contributed by atoms with Crippen molar-refractivity contribution < 1.29 is 4.74 Å². The van der Waals surface area contributed by atoms with Gasteiger partial charge in [0.25, 0.3) is 0 Å². The highest BCUT2D eigenvalue weighted by atomic mass is 16.5. The van der Waals surface area contributed by atoms with E-state index < -0.39 is 0 Å². The second-order valence-electron chi connectivity index (χ2n) is 7.27. The predicted molar refractivity (Wildman–Crippen MR) is 119 cm³/mol. The van der Waals surface area contributed by atoms with E-state index in [4.69, 9.17) is 10.5 Å². The van der Waals surface area contributed by atoms with Gasteiger partial charge in [-0.3, -0.25) is 0 Å². The van der Waals surface area contributed by atoms with Gasteiger partial charge in [-0.25, -0.2) is 4.98 Å². The number of anilines is 1. The lowest BCUT2D eigenvalue weighted by Gasteiger charge is -2.11. The fraction of sp³-hybridized carbons (Fsp3) is 0.208. The van der Waals surface area contributed by atoms with Crippen molar-refractivity contribution in [3.63, 3.8) is 0 Å². The van der Waals surface area contributed by atoms with Gasteiger partial charge >= 0.3 is 0 Å². The topological polar surface area (TPSA) is 78.9 Å². The Balaban J connectivity index is 0.000000200. The Morgan fingerprint density at radius 3 is 2.33 bits per heavy atom. The van der Waals surface area contributed by atoms with E-state index in [2.05, 4.69) is 39.4 Å². The molecule has 2 aromatic heterocycles. The number of nitrogens with zero attached hydrogens (tertiary/aromatic N) is 4. The van der Waals surface area contributed by atoms with Gasteiger partial charge in [-0.1, -0.05) is 30.3 Å². The summed E-state index contributed by atoms with van der Waals surface area (Å²) in [4.78, 5) is 4.23. The van der Waals surface area contributed by atoms with Crippen molar-refractivity contribution in [3.05, 3.63) is 83.9 Å². The first kappa shape index (κ1) is 19.6. The van der Waals surface area contributed by atoms with E-state index in [9.17, 15) is 0 Å². The molecule has 0 bridgehead atoms. The SMILES string of the molecule is COc1cc(-c2ccc(N)nn2)ccc1-n1cnc(C)c1.c1ccc2c(c1)CCC2. The maximum absolute atomic E-state index is 5.55. The molecule has 0 radical (unpaired) electrons. The number of fused-ring (bicyclic) bond motifs is 1. The van der Waals surface area contributed by atoms with Crippen LogP contribution in [0.3, 0.4) is 0 Å². The van der Waals surface area contributed by atoms with Gasteiger partial charge in [0, 0.05) is 11.8 Å². The molecular weight excluding hydrogens is 374 g/mol. The van der Waals surface area contributed by atoms with E-state index in [1.165, 1.54) is 19.3 Å². The summed E-state index contributed by atoms with van der Waals surface area (Å²) in [5.74, 6) is 1.14. The van der Waals surface area contributed by atoms with Crippen LogP contribution >= 0.6 is 0 Å². The normalized spacial score (nSPS) is 12.1. The largest absolute Gasteiger partial charge is 0.495 e. The number of benzene rings is 2. The van der Waals surface area contributed by atoms with Crippen LogP contribution in [0.1, 0.15) is 23.2 Å². The minimum atomic E-state index is 0.399. The zero-order chi connectivity index (χ0) is 20.9. The fourth-order valence-electron chi connectivity index (χ4n) is 3.61. The number of imidazole rings is 1. The molecule has 0 fully saturated rings. The van der Waals surface area contributed by atoms with Crippen LogP contribution in [0, 0.1) is 6.92 Å². The van der Waals surface area contributed by atoms with Crippen molar-refractivity contribution in [2.45, 2.75) is 26.2 Å². The maximum atomic E-state index is 5.55. The highest BCUT2D eigenvalue weighted by Crippen LogP contribution is 2.29. The number of nitrogen functional groups attached to an aromatic ring is 1. The minimum absolute atomic E-state index is 0.399. The highest BCUT2D eigenvalue weighted by molar-refractivity contribution is 5.65. The minimum Gasteiger partial charge on any atom is -0.495 e. The van der Waals surface area contributed by atoms with Gasteiger partial charge in [-0.05, 0) is 61.6 Å². The van der Waals surface area contributed by atoms with Gasteiger partial charge in [0.05, 0.1) is 30.5 Å². The summed E-state index contributed by atoms with van der Waals surface area (Å²) in [6.45, 7) is 1.95. The number of hydrogen-bond acceptors (Lipinski definition) is 5. The molecule has 0 unspecified atom stereocenters. The van der Waals surface area contributed by atoms with Gasteiger partial charge < -0.3 is 15.0 Å². The number of aromatic nitrogens is 4. The summed E-state index contributed by atoms with van der Waals surface area (Å²) < 4.78 is 7.40. The van der Waals surface area contributed by atoms with Crippen molar-refractivity contribution >= 4 is 5.82 Å². The number of aryl methyl sites for hydroxylation is 3. The molecule has 0 saturated carbocycles. The van der Waals surface area contributed by atoms with Crippen molar-refractivity contribution in [2.24, 2.45) is 0 Å². The molecule has 0 atom stereocenters. The first-order valence-corrected chi connectivity index (χ1v) is 9.99. The van der Waals surface area contributed by atoms with Crippen molar-refractivity contribution in [2.75, 3.05) is 12.8 Å². The molecule has 1 aliphatic carbocycles. The number of hydrogen-bond donors (Lipinski definition) is 1. The standard InChI is InChI=1S/C15H15N5O.C9H10/c1-10-8-20(9-17-10)13-5-3-11(7-14(13)21-2)12-4-6-15(16)19-18-12;1-2-5-9-7-3-6-8(9)4-1/h3-9H,1-2H3,(H2,16,19);1-2,4-5H,3,6-7H2. The van der Waals surface area contributed by atoms with Crippen molar-refractivity contribution in [3.8, 4) is 22.7 Å². The zero-order valence-corrected chi connectivity index (χ0v) is 17.2. The number of ether oxygens (including phenoxy) is 1. The fourth-order valence-corrected chi connectivity index (χ4v) is 3.61. The third-order valence-electron chi connectivity index (χ3n) is 5.16. The summed E-state index contributed by atoms with van der Waals surface area (Å²) in [7, 11) is 1.64. The Labute approximate surface area is 176 Å². The number of methoxy groups -OCH3 is 1. The van der Waals surface area contributed by atoms with Gasteiger partial charge in [-0.2, -0.15) is 0 Å². The summed E-state index contributed by atoms with van der Waals surface area (Å²) >= 11 is 0. The first-order chi connectivity index (χ1) is 14.6. The van der Waals surface area contributed by atoms with Crippen LogP contribution in [0.25, 0.3) is 16.9 Å². The summed E-state index contributed by atoms with van der Waals surface area (Å²) in [6, 6.07) is 18.1. The lowest BCUT2D eigenvalue weighted by atomic mass is 10.1. The van der Waals surface area contributed by atoms with Crippen LogP contribution in [-0.4, -0.2) is 26.9 Å². The maximum Gasteiger partial charge on any atom is 0.146 e. The van der Waals surface area contributed by atoms with Crippen LogP contribution in [0.15, 0.2) is 67.1 Å². The van der Waals surface area contributed by atoms with E-state index in [0.717, 1.165) is 28.4 Å². The molecule has 30 heavy (non-hydrogen) atoms. The highest BCUT2D eigenvalue weighted by Gasteiger charge is 2.09. The van der Waals surface area contributed by atoms with E-state index in [0.29, 0.717) is 5.82 Å². The van der Waals surface area contributed by atoms with Crippen LogP contribution in [-0.2, 0) is 12.8 Å². The molecule has 2 N–H and O–H groups in total. The van der Waals surface area contributed by atoms with Crippen molar-refractivity contribution in [1.82, 2.24) is 19.7 Å². The molecule has 152 valence electrons. The third-order valence-corrected chi connectivity index (χ3v) is 5.16. The summed E-state index contributed by atoms with van der Waals surface area (Å²) in [5.41, 5.74) is 12.2. The second kappa shape index (κ2) is 8.78. The zero-order valence-electron chi connectivity index (χ0n) is 17.2. The molecule has 6 heteroatoms. The van der Waals surface area contributed by atoms with Crippen LogP contribution in [0.4, 0.5) is 5.82 Å². The molecule has 6 nitrogen and oxygen atoms in total. The molecular formula is C24H25N5O. The third kappa shape index (κ3) is 4.33. The molecule has 0 saturated heterocycles. The Morgan fingerprint density at radius 1 is 0.967 bits per heavy atom. The lowest BCUT2D eigenvalue weighted by molar-refractivity contribution is 0.413. The van der Waals surface area contributed by atoms with E-state index in [-0.39, 0.29) is 0 Å². The van der Waals surface area contributed by atoms with Crippen LogP contribution in [0.2, 0.25) is 0 Å². The van der Waals surface area contributed by atoms with Crippen LogP contribution < -0.4 is 10.5 Å². The quantitative estimate of drug-likeness (QED) is 0.552. The second-order valence-corrected chi connectivity index (χ2v) is 7.27. The van der Waals surface area contributed by atoms with E-state index in [1.54, 1.807) is 30.6 Å².